The van der Waals surface area contributed by atoms with Gasteiger partial charge in [-0.05, 0) is 18.6 Å². The Labute approximate surface area is 106 Å². The first-order valence-electron chi connectivity index (χ1n) is 5.64. The number of ether oxygens (including phenoxy) is 1. The highest BCUT2D eigenvalue weighted by Gasteiger charge is 2.00. The number of aromatic nitrogens is 2. The summed E-state index contributed by atoms with van der Waals surface area (Å²) in [4.78, 5) is 4.16. The van der Waals surface area contributed by atoms with E-state index >= 15 is 0 Å². The van der Waals surface area contributed by atoms with E-state index in [-0.39, 0.29) is 0 Å². The van der Waals surface area contributed by atoms with Gasteiger partial charge in [0, 0.05) is 18.9 Å². The first kappa shape index (κ1) is 12.0. The number of benzene rings is 1. The lowest BCUT2D eigenvalue weighted by molar-refractivity contribution is 0.301. The van der Waals surface area contributed by atoms with Gasteiger partial charge in [-0.15, -0.1) is 11.6 Å². The van der Waals surface area contributed by atoms with Crippen LogP contribution in [0.2, 0.25) is 0 Å². The normalized spacial score (nSPS) is 10.4. The number of halogens is 1. The fraction of sp³-hybridized carbons (Fsp3) is 0.308. The molecule has 0 aliphatic heterocycles. The average molecular weight is 251 g/mol. The second-order valence-corrected chi connectivity index (χ2v) is 3.95. The van der Waals surface area contributed by atoms with E-state index in [9.17, 15) is 0 Å². The number of hydrogen-bond donors (Lipinski definition) is 0. The van der Waals surface area contributed by atoms with Crippen LogP contribution in [0.3, 0.4) is 0 Å². The third kappa shape index (κ3) is 3.49. The van der Waals surface area contributed by atoms with Gasteiger partial charge in [-0.3, -0.25) is 0 Å². The molecule has 0 N–H and O–H groups in total. The number of alkyl halides is 1. The molecule has 17 heavy (non-hydrogen) atoms. The smallest absolute Gasteiger partial charge is 0.123 e. The monoisotopic (exact) mass is 250 g/mol. The molecule has 0 saturated carbocycles. The summed E-state index contributed by atoms with van der Waals surface area (Å²) in [6.45, 7) is 1.58. The topological polar surface area (TPSA) is 27.1 Å². The second-order valence-electron chi connectivity index (χ2n) is 3.69. The zero-order chi connectivity index (χ0) is 11.9. The van der Waals surface area contributed by atoms with Crippen LogP contribution in [0.15, 0.2) is 42.7 Å². The summed E-state index contributed by atoms with van der Waals surface area (Å²) in [7, 11) is 0. The molecule has 4 heteroatoms. The van der Waals surface area contributed by atoms with Gasteiger partial charge < -0.3 is 9.30 Å². The van der Waals surface area contributed by atoms with Gasteiger partial charge in [0.05, 0.1) is 12.5 Å². The molecule has 0 aliphatic carbocycles. The number of nitrogens with zero attached hydrogens (tertiary/aromatic N) is 2. The molecular weight excluding hydrogens is 236 g/mol. The second kappa shape index (κ2) is 6.30. The highest BCUT2D eigenvalue weighted by Crippen LogP contribution is 2.09. The fourth-order valence-corrected chi connectivity index (χ4v) is 1.84. The van der Waals surface area contributed by atoms with Crippen LogP contribution in [0.1, 0.15) is 12.2 Å². The summed E-state index contributed by atoms with van der Waals surface area (Å²) in [6, 6.07) is 9.83. The molecule has 1 heterocycles. The SMILES string of the molecule is ClCc1nccn1CCCOc1ccccc1. The maximum absolute atomic E-state index is 5.77. The van der Waals surface area contributed by atoms with Crippen molar-refractivity contribution in [1.29, 1.82) is 0 Å². The molecule has 0 aliphatic rings. The number of rotatable bonds is 6. The van der Waals surface area contributed by atoms with Crippen molar-refractivity contribution < 1.29 is 4.74 Å². The van der Waals surface area contributed by atoms with Crippen LogP contribution in [-0.4, -0.2) is 16.2 Å². The predicted octanol–water partition coefficient (Wildman–Crippen LogP) is 3.09. The molecule has 0 bridgehead atoms. The van der Waals surface area contributed by atoms with Gasteiger partial charge in [0.2, 0.25) is 0 Å². The zero-order valence-corrected chi connectivity index (χ0v) is 10.3. The molecule has 2 aromatic rings. The van der Waals surface area contributed by atoms with E-state index in [2.05, 4.69) is 9.55 Å². The lowest BCUT2D eigenvalue weighted by atomic mass is 10.3. The van der Waals surface area contributed by atoms with Crippen LogP contribution in [-0.2, 0) is 12.4 Å². The van der Waals surface area contributed by atoms with E-state index in [1.165, 1.54) is 0 Å². The Balaban J connectivity index is 1.73. The van der Waals surface area contributed by atoms with Crippen molar-refractivity contribution >= 4 is 11.6 Å². The highest BCUT2D eigenvalue weighted by atomic mass is 35.5. The Bertz CT molecular complexity index is 442. The molecule has 1 aromatic heterocycles. The molecular formula is C13H15ClN2O. The fourth-order valence-electron chi connectivity index (χ4n) is 1.62. The van der Waals surface area contributed by atoms with Crippen molar-refractivity contribution in [3.05, 3.63) is 48.5 Å². The number of hydrogen-bond acceptors (Lipinski definition) is 2. The average Bonchev–Trinajstić information content (AvgIpc) is 2.83. The first-order chi connectivity index (χ1) is 8.40. The van der Waals surface area contributed by atoms with Gasteiger partial charge in [0.1, 0.15) is 11.6 Å². The molecule has 0 fully saturated rings. The van der Waals surface area contributed by atoms with E-state index in [0.29, 0.717) is 12.5 Å². The maximum Gasteiger partial charge on any atom is 0.123 e. The standard InChI is InChI=1S/C13H15ClN2O/c14-11-13-15-7-9-16(13)8-4-10-17-12-5-2-1-3-6-12/h1-3,5-7,9H,4,8,10-11H2. The van der Waals surface area contributed by atoms with E-state index in [4.69, 9.17) is 16.3 Å². The molecule has 1 aromatic carbocycles. The van der Waals surface area contributed by atoms with Gasteiger partial charge in [-0.1, -0.05) is 18.2 Å². The minimum absolute atomic E-state index is 0.451. The first-order valence-corrected chi connectivity index (χ1v) is 6.17. The molecule has 3 nitrogen and oxygen atoms in total. The number of para-hydroxylation sites is 1. The van der Waals surface area contributed by atoms with Crippen LogP contribution >= 0.6 is 11.6 Å². The lowest BCUT2D eigenvalue weighted by Crippen LogP contribution is -2.06. The van der Waals surface area contributed by atoms with Crippen molar-refractivity contribution in [2.24, 2.45) is 0 Å². The summed E-state index contributed by atoms with van der Waals surface area (Å²) >= 11 is 5.77. The quantitative estimate of drug-likeness (QED) is 0.582. The number of imidazole rings is 1. The Hall–Kier alpha value is -1.48. The van der Waals surface area contributed by atoms with Crippen molar-refractivity contribution in [3.63, 3.8) is 0 Å². The van der Waals surface area contributed by atoms with Crippen LogP contribution in [0.4, 0.5) is 0 Å². The molecule has 0 unspecified atom stereocenters. The van der Waals surface area contributed by atoms with Gasteiger partial charge in [-0.2, -0.15) is 0 Å². The van der Waals surface area contributed by atoms with Gasteiger partial charge in [0.25, 0.3) is 0 Å². The van der Waals surface area contributed by atoms with Crippen LogP contribution in [0.5, 0.6) is 5.75 Å². The van der Waals surface area contributed by atoms with Crippen molar-refractivity contribution in [1.82, 2.24) is 9.55 Å². The molecule has 0 amide bonds. The minimum Gasteiger partial charge on any atom is -0.494 e. The molecule has 0 atom stereocenters. The Morgan fingerprint density at radius 2 is 2.06 bits per heavy atom. The molecule has 90 valence electrons. The summed E-state index contributed by atoms with van der Waals surface area (Å²) in [6.07, 6.45) is 4.66. The Morgan fingerprint density at radius 3 is 2.82 bits per heavy atom. The van der Waals surface area contributed by atoms with E-state index in [1.54, 1.807) is 6.20 Å². The summed E-state index contributed by atoms with van der Waals surface area (Å²) in [5, 5.41) is 0. The van der Waals surface area contributed by atoms with Gasteiger partial charge in [-0.25, -0.2) is 4.98 Å². The van der Waals surface area contributed by atoms with Crippen molar-refractivity contribution in [2.75, 3.05) is 6.61 Å². The third-order valence-electron chi connectivity index (χ3n) is 2.48. The summed E-state index contributed by atoms with van der Waals surface area (Å²) in [5.74, 6) is 2.27. The van der Waals surface area contributed by atoms with Gasteiger partial charge >= 0.3 is 0 Å². The largest absolute Gasteiger partial charge is 0.494 e. The predicted molar refractivity (Wildman–Crippen MR) is 68.3 cm³/mol. The Kier molecular flexibility index (Phi) is 4.45. The lowest BCUT2D eigenvalue weighted by Gasteiger charge is -2.07. The number of aryl methyl sites for hydroxylation is 1. The van der Waals surface area contributed by atoms with Crippen molar-refractivity contribution in [3.8, 4) is 5.75 Å². The highest BCUT2D eigenvalue weighted by molar-refractivity contribution is 6.16. The molecule has 2 rings (SSSR count). The van der Waals surface area contributed by atoms with Crippen LogP contribution in [0, 0.1) is 0 Å². The van der Waals surface area contributed by atoms with Crippen molar-refractivity contribution in [2.45, 2.75) is 18.8 Å². The Morgan fingerprint density at radius 1 is 1.24 bits per heavy atom. The van der Waals surface area contributed by atoms with E-state index in [0.717, 1.165) is 24.5 Å². The molecule has 0 radical (unpaired) electrons. The molecule has 0 saturated heterocycles. The van der Waals surface area contributed by atoms with E-state index < -0.39 is 0 Å². The summed E-state index contributed by atoms with van der Waals surface area (Å²) < 4.78 is 7.67. The summed E-state index contributed by atoms with van der Waals surface area (Å²) in [5.41, 5.74) is 0. The van der Waals surface area contributed by atoms with Crippen LogP contribution < -0.4 is 4.74 Å². The molecule has 0 spiro atoms. The van der Waals surface area contributed by atoms with Gasteiger partial charge in [0.15, 0.2) is 0 Å². The maximum atomic E-state index is 5.77. The minimum atomic E-state index is 0.451. The third-order valence-corrected chi connectivity index (χ3v) is 2.72. The van der Waals surface area contributed by atoms with Crippen LogP contribution in [0.25, 0.3) is 0 Å². The van der Waals surface area contributed by atoms with E-state index in [1.807, 2.05) is 36.5 Å². The zero-order valence-electron chi connectivity index (χ0n) is 9.55.